The zero-order valence-electron chi connectivity index (χ0n) is 60.6. The van der Waals surface area contributed by atoms with E-state index in [1.807, 2.05) is 0 Å². The largest absolute Gasteiger partial charge is 0.472 e. The van der Waals surface area contributed by atoms with Crippen LogP contribution in [0.4, 0.5) is 0 Å². The van der Waals surface area contributed by atoms with Crippen molar-refractivity contribution in [2.24, 2.45) is 5.92 Å². The molecule has 0 rings (SSSR count). The Kier molecular flexibility index (Phi) is 65.9. The molecule has 0 aliphatic rings. The van der Waals surface area contributed by atoms with Crippen LogP contribution in [0.3, 0.4) is 0 Å². The Morgan fingerprint density at radius 1 is 0.330 bits per heavy atom. The molecule has 0 fully saturated rings. The predicted molar refractivity (Wildman–Crippen MR) is 381 cm³/mol. The topological polar surface area (TPSA) is 237 Å². The van der Waals surface area contributed by atoms with E-state index >= 15 is 0 Å². The summed E-state index contributed by atoms with van der Waals surface area (Å²) in [6, 6.07) is 0. The highest BCUT2D eigenvalue weighted by molar-refractivity contribution is 7.47. The second-order valence-corrected chi connectivity index (χ2v) is 29.7. The van der Waals surface area contributed by atoms with Gasteiger partial charge in [0.05, 0.1) is 26.4 Å². The second-order valence-electron chi connectivity index (χ2n) is 26.8. The van der Waals surface area contributed by atoms with Gasteiger partial charge in [-0.3, -0.25) is 37.3 Å². The van der Waals surface area contributed by atoms with Gasteiger partial charge in [-0.25, -0.2) is 9.13 Å². The van der Waals surface area contributed by atoms with E-state index in [4.69, 9.17) is 37.0 Å². The summed E-state index contributed by atoms with van der Waals surface area (Å²) < 4.78 is 68.3. The number of carbonyl (C=O) groups excluding carboxylic acids is 4. The molecular formula is C75H142O17P2. The van der Waals surface area contributed by atoms with Gasteiger partial charge in [0.15, 0.2) is 12.2 Å². The maximum absolute atomic E-state index is 13.1. The standard InChI is InChI=1S/C75H142O17P2/c1-6-9-12-15-18-20-22-24-26-28-31-35-39-44-49-54-59-73(78)86-65-71(92-75(80)61-56-51-46-41-37-33-29-30-34-38-43-47-52-57-68(4)5)67-90-94(83,84)88-63-69(76)62-87-93(81,82)89-66-70(64-85-72(77)58-53-48-42-17-14-11-8-3)91-74(79)60-55-50-45-40-36-32-27-25-23-21-19-16-13-10-7-2/h21,23,25,27,68-71,76H,6-20,22,24,26,28-67H2,1-5H3,(H,81,82)(H,83,84)/b23-21-,27-25-/t69-,70+,71+/m0/s1. The zero-order valence-corrected chi connectivity index (χ0v) is 62.4. The molecule has 3 N–H and O–H groups in total. The van der Waals surface area contributed by atoms with E-state index in [0.717, 1.165) is 121 Å². The van der Waals surface area contributed by atoms with E-state index < -0.39 is 97.5 Å². The van der Waals surface area contributed by atoms with Crippen LogP contribution in [0.25, 0.3) is 0 Å². The van der Waals surface area contributed by atoms with Crippen LogP contribution in [-0.2, 0) is 65.4 Å². The van der Waals surface area contributed by atoms with E-state index in [-0.39, 0.29) is 25.7 Å². The molecule has 0 spiro atoms. The number of phosphoric acid groups is 2. The van der Waals surface area contributed by atoms with Gasteiger partial charge in [0.2, 0.25) is 0 Å². The van der Waals surface area contributed by atoms with Crippen LogP contribution < -0.4 is 0 Å². The molecule has 2 unspecified atom stereocenters. The molecule has 17 nitrogen and oxygen atoms in total. The maximum Gasteiger partial charge on any atom is 0.472 e. The van der Waals surface area contributed by atoms with Crippen molar-refractivity contribution in [2.75, 3.05) is 39.6 Å². The number of carbonyl (C=O) groups is 4. The SMILES string of the molecule is CCCCCC/C=C\C=C/CCCCCCCC(=O)O[C@H](COC(=O)CCCCCCCCC)COP(=O)(O)OC[C@H](O)COP(=O)(O)OC[C@@H](COC(=O)CCCCCCCCCCCCCCCCCC)OC(=O)CCCCCCCCCCCCCCCC(C)C. The monoisotopic (exact) mass is 1380 g/mol. The maximum atomic E-state index is 13.1. The van der Waals surface area contributed by atoms with E-state index in [9.17, 15) is 43.2 Å². The van der Waals surface area contributed by atoms with Crippen molar-refractivity contribution in [1.29, 1.82) is 0 Å². The first-order valence-corrected chi connectivity index (χ1v) is 41.4. The average Bonchev–Trinajstić information content (AvgIpc) is 1.23. The fraction of sp³-hybridized carbons (Fsp3) is 0.893. The van der Waals surface area contributed by atoms with Gasteiger partial charge in [0, 0.05) is 25.7 Å². The van der Waals surface area contributed by atoms with Crippen molar-refractivity contribution in [3.05, 3.63) is 24.3 Å². The van der Waals surface area contributed by atoms with Gasteiger partial charge in [-0.05, 0) is 57.3 Å². The van der Waals surface area contributed by atoms with Crippen molar-refractivity contribution in [3.63, 3.8) is 0 Å². The molecule has 94 heavy (non-hydrogen) atoms. The summed E-state index contributed by atoms with van der Waals surface area (Å²) in [5, 5.41) is 10.6. The molecule has 0 aliphatic heterocycles. The molecule has 0 radical (unpaired) electrons. The number of aliphatic hydroxyl groups excluding tert-OH is 1. The van der Waals surface area contributed by atoms with Crippen LogP contribution in [0, 0.1) is 5.92 Å². The Labute approximate surface area is 573 Å². The van der Waals surface area contributed by atoms with Crippen LogP contribution in [0.2, 0.25) is 0 Å². The summed E-state index contributed by atoms with van der Waals surface area (Å²) in [4.78, 5) is 72.6. The molecule has 554 valence electrons. The van der Waals surface area contributed by atoms with Crippen LogP contribution in [0.5, 0.6) is 0 Å². The summed E-state index contributed by atoms with van der Waals surface area (Å²) in [7, 11) is -9.92. The molecule has 0 saturated carbocycles. The first-order chi connectivity index (χ1) is 45.5. The first kappa shape index (κ1) is 91.5. The van der Waals surface area contributed by atoms with Gasteiger partial charge < -0.3 is 33.8 Å². The molecule has 19 heteroatoms. The highest BCUT2D eigenvalue weighted by Crippen LogP contribution is 2.45. The molecule has 0 aromatic heterocycles. The zero-order chi connectivity index (χ0) is 69.1. The summed E-state index contributed by atoms with van der Waals surface area (Å²) in [6.07, 6.45) is 59.1. The third kappa shape index (κ3) is 68.1. The number of allylic oxidation sites excluding steroid dienone is 4. The quantitative estimate of drug-likeness (QED) is 0.0169. The number of ether oxygens (including phenoxy) is 4. The summed E-state index contributed by atoms with van der Waals surface area (Å²) >= 11 is 0. The van der Waals surface area contributed by atoms with Crippen molar-refractivity contribution < 1.29 is 80.2 Å². The molecule has 0 heterocycles. The second kappa shape index (κ2) is 67.7. The van der Waals surface area contributed by atoms with Gasteiger partial charge in [-0.1, -0.05) is 316 Å². The normalized spacial score (nSPS) is 14.1. The fourth-order valence-electron chi connectivity index (χ4n) is 11.0. The number of hydrogen-bond donors (Lipinski definition) is 3. The Bertz CT molecular complexity index is 1900. The van der Waals surface area contributed by atoms with Crippen LogP contribution in [0.15, 0.2) is 24.3 Å². The number of hydrogen-bond acceptors (Lipinski definition) is 15. The predicted octanol–water partition coefficient (Wildman–Crippen LogP) is 21.6. The van der Waals surface area contributed by atoms with Gasteiger partial charge in [0.25, 0.3) is 0 Å². The number of aliphatic hydroxyl groups is 1. The highest BCUT2D eigenvalue weighted by atomic mass is 31.2. The van der Waals surface area contributed by atoms with Crippen LogP contribution in [0.1, 0.15) is 369 Å². The lowest BCUT2D eigenvalue weighted by atomic mass is 10.0. The third-order valence-corrected chi connectivity index (χ3v) is 18.8. The molecule has 5 atom stereocenters. The van der Waals surface area contributed by atoms with Crippen LogP contribution >= 0.6 is 15.6 Å². The smallest absolute Gasteiger partial charge is 0.462 e. The van der Waals surface area contributed by atoms with Crippen molar-refractivity contribution in [1.82, 2.24) is 0 Å². The number of esters is 4. The lowest BCUT2D eigenvalue weighted by Gasteiger charge is -2.21. The molecule has 0 aromatic carbocycles. The summed E-state index contributed by atoms with van der Waals surface area (Å²) in [5.74, 6) is -1.36. The third-order valence-electron chi connectivity index (χ3n) is 16.9. The van der Waals surface area contributed by atoms with Gasteiger partial charge in [0.1, 0.15) is 19.3 Å². The first-order valence-electron chi connectivity index (χ1n) is 38.5. The van der Waals surface area contributed by atoms with E-state index in [0.29, 0.717) is 25.7 Å². The lowest BCUT2D eigenvalue weighted by molar-refractivity contribution is -0.161. The number of rotatable bonds is 73. The fourth-order valence-corrected chi connectivity index (χ4v) is 12.6. The van der Waals surface area contributed by atoms with E-state index in [1.54, 1.807) is 0 Å². The Morgan fingerprint density at radius 2 is 0.574 bits per heavy atom. The molecule has 0 aliphatic carbocycles. The summed E-state index contributed by atoms with van der Waals surface area (Å²) in [6.45, 7) is 7.20. The number of unbranched alkanes of at least 4 members (excludes halogenated alkanes) is 42. The molecule has 0 aromatic rings. The molecule has 0 amide bonds. The molecule has 0 bridgehead atoms. The van der Waals surface area contributed by atoms with Gasteiger partial charge in [-0.15, -0.1) is 0 Å². The number of phosphoric ester groups is 2. The van der Waals surface area contributed by atoms with E-state index in [1.165, 1.54) is 167 Å². The molecular weight excluding hydrogens is 1230 g/mol. The van der Waals surface area contributed by atoms with Crippen molar-refractivity contribution >= 4 is 39.5 Å². The van der Waals surface area contributed by atoms with Crippen molar-refractivity contribution in [2.45, 2.75) is 387 Å². The van der Waals surface area contributed by atoms with Gasteiger partial charge >= 0.3 is 39.5 Å². The minimum Gasteiger partial charge on any atom is -0.462 e. The Morgan fingerprint density at radius 3 is 0.872 bits per heavy atom. The van der Waals surface area contributed by atoms with Crippen molar-refractivity contribution in [3.8, 4) is 0 Å². The highest BCUT2D eigenvalue weighted by Gasteiger charge is 2.30. The Hall–Kier alpha value is -2.46. The minimum atomic E-state index is -4.96. The minimum absolute atomic E-state index is 0.0849. The van der Waals surface area contributed by atoms with Crippen LogP contribution in [-0.4, -0.2) is 96.7 Å². The van der Waals surface area contributed by atoms with E-state index in [2.05, 4.69) is 58.9 Å². The lowest BCUT2D eigenvalue weighted by Crippen LogP contribution is -2.30. The Balaban J connectivity index is 5.23. The average molecular weight is 1380 g/mol. The van der Waals surface area contributed by atoms with Gasteiger partial charge in [-0.2, -0.15) is 0 Å². The summed E-state index contributed by atoms with van der Waals surface area (Å²) in [5.41, 5.74) is 0. The molecule has 0 saturated heterocycles.